The van der Waals surface area contributed by atoms with Crippen molar-refractivity contribution in [2.24, 2.45) is 0 Å². The van der Waals surface area contributed by atoms with E-state index in [1.807, 2.05) is 0 Å². The molecule has 0 bridgehead atoms. The van der Waals surface area contributed by atoms with Gasteiger partial charge in [-0.25, -0.2) is 4.98 Å². The number of H-pyrrole nitrogens is 1. The number of aromatic amines is 1. The summed E-state index contributed by atoms with van der Waals surface area (Å²) in [7, 11) is 0. The van der Waals surface area contributed by atoms with Crippen molar-refractivity contribution in [3.8, 4) is 11.4 Å². The van der Waals surface area contributed by atoms with Gasteiger partial charge in [-0.15, -0.1) is 0 Å². The van der Waals surface area contributed by atoms with Crippen molar-refractivity contribution in [2.45, 2.75) is 0 Å². The fourth-order valence-corrected chi connectivity index (χ4v) is 1.46. The maximum Gasteiger partial charge on any atom is 0.265 e. The molecule has 1 aromatic carbocycles. The predicted octanol–water partition coefficient (Wildman–Crippen LogP) is 2.85. The van der Waals surface area contributed by atoms with Gasteiger partial charge in [-0.05, 0) is 40.2 Å². The average Bonchev–Trinajstić information content (AvgIpc) is 2.23. The molecule has 0 unspecified atom stereocenters. The second-order valence-corrected chi connectivity index (χ2v) is 4.21. The molecule has 2 aromatic rings. The molecule has 0 amide bonds. The molecule has 0 aliphatic rings. The van der Waals surface area contributed by atoms with E-state index in [2.05, 4.69) is 25.9 Å². The van der Waals surface area contributed by atoms with Crippen LogP contribution in [0.5, 0.6) is 0 Å². The van der Waals surface area contributed by atoms with Crippen LogP contribution in [0.1, 0.15) is 0 Å². The van der Waals surface area contributed by atoms with Crippen molar-refractivity contribution < 1.29 is 0 Å². The predicted molar refractivity (Wildman–Crippen MR) is 63.0 cm³/mol. The number of benzene rings is 1. The van der Waals surface area contributed by atoms with E-state index in [1.54, 1.807) is 24.3 Å². The van der Waals surface area contributed by atoms with E-state index in [1.165, 1.54) is 6.20 Å². The topological polar surface area (TPSA) is 45.8 Å². The standard InChI is InChI=1S/C10H6BrClN2O/c11-8-5-13-9(14-10(8)15)6-1-3-7(12)4-2-6/h1-5H,(H,13,14,15). The van der Waals surface area contributed by atoms with E-state index >= 15 is 0 Å². The lowest BCUT2D eigenvalue weighted by Gasteiger charge is -2.00. The molecule has 76 valence electrons. The van der Waals surface area contributed by atoms with E-state index in [9.17, 15) is 4.79 Å². The Morgan fingerprint density at radius 2 is 1.93 bits per heavy atom. The number of hydrogen-bond donors (Lipinski definition) is 1. The third-order valence-electron chi connectivity index (χ3n) is 1.87. The van der Waals surface area contributed by atoms with Crippen LogP contribution in [0.25, 0.3) is 11.4 Å². The summed E-state index contributed by atoms with van der Waals surface area (Å²) in [5, 5.41) is 0.651. The number of hydrogen-bond acceptors (Lipinski definition) is 2. The largest absolute Gasteiger partial charge is 0.306 e. The third kappa shape index (κ3) is 2.27. The van der Waals surface area contributed by atoms with Crippen molar-refractivity contribution in [3.05, 3.63) is 50.3 Å². The highest BCUT2D eigenvalue weighted by Crippen LogP contribution is 2.17. The number of nitrogens with zero attached hydrogens (tertiary/aromatic N) is 1. The number of aromatic nitrogens is 2. The summed E-state index contributed by atoms with van der Waals surface area (Å²) in [6.07, 6.45) is 1.47. The molecule has 0 saturated carbocycles. The molecular weight excluding hydrogens is 279 g/mol. The Bertz CT molecular complexity index is 536. The van der Waals surface area contributed by atoms with Gasteiger partial charge in [0.15, 0.2) is 0 Å². The first kappa shape index (κ1) is 10.4. The van der Waals surface area contributed by atoms with Gasteiger partial charge < -0.3 is 4.98 Å². The summed E-state index contributed by atoms with van der Waals surface area (Å²) in [4.78, 5) is 18.1. The minimum absolute atomic E-state index is 0.199. The van der Waals surface area contributed by atoms with Gasteiger partial charge in [0, 0.05) is 16.8 Å². The fraction of sp³-hybridized carbons (Fsp3) is 0. The van der Waals surface area contributed by atoms with Gasteiger partial charge in [-0.1, -0.05) is 11.6 Å². The van der Waals surface area contributed by atoms with E-state index in [0.717, 1.165) is 5.56 Å². The highest BCUT2D eigenvalue weighted by Gasteiger charge is 2.02. The first-order valence-electron chi connectivity index (χ1n) is 4.17. The molecule has 0 aliphatic carbocycles. The van der Waals surface area contributed by atoms with Gasteiger partial charge in [0.1, 0.15) is 10.3 Å². The van der Waals surface area contributed by atoms with Gasteiger partial charge in [-0.2, -0.15) is 0 Å². The molecule has 0 atom stereocenters. The van der Waals surface area contributed by atoms with Crippen LogP contribution < -0.4 is 5.56 Å². The Hall–Kier alpha value is -1.13. The minimum atomic E-state index is -0.199. The van der Waals surface area contributed by atoms with Crippen LogP contribution in [0.2, 0.25) is 5.02 Å². The van der Waals surface area contributed by atoms with E-state index in [-0.39, 0.29) is 5.56 Å². The van der Waals surface area contributed by atoms with Crippen LogP contribution in [0.3, 0.4) is 0 Å². The van der Waals surface area contributed by atoms with Crippen LogP contribution in [0.15, 0.2) is 39.7 Å². The normalized spacial score (nSPS) is 10.3. The Balaban J connectivity index is 2.50. The first-order chi connectivity index (χ1) is 7.16. The molecule has 5 heteroatoms. The highest BCUT2D eigenvalue weighted by atomic mass is 79.9. The lowest BCUT2D eigenvalue weighted by molar-refractivity contribution is 1.11. The third-order valence-corrected chi connectivity index (χ3v) is 2.69. The molecule has 1 heterocycles. The van der Waals surface area contributed by atoms with Crippen LogP contribution in [-0.4, -0.2) is 9.97 Å². The fourth-order valence-electron chi connectivity index (χ4n) is 1.13. The summed E-state index contributed by atoms with van der Waals surface area (Å²) < 4.78 is 0.417. The van der Waals surface area contributed by atoms with Crippen molar-refractivity contribution in [3.63, 3.8) is 0 Å². The van der Waals surface area contributed by atoms with E-state index in [4.69, 9.17) is 11.6 Å². The van der Waals surface area contributed by atoms with Crippen LogP contribution in [0.4, 0.5) is 0 Å². The Labute approximate surface area is 99.3 Å². The quantitative estimate of drug-likeness (QED) is 0.876. The Morgan fingerprint density at radius 1 is 1.27 bits per heavy atom. The number of rotatable bonds is 1. The SMILES string of the molecule is O=c1[nH]c(-c2ccc(Cl)cc2)ncc1Br. The van der Waals surface area contributed by atoms with Gasteiger partial charge in [0.2, 0.25) is 0 Å². The molecule has 2 rings (SSSR count). The first-order valence-corrected chi connectivity index (χ1v) is 5.34. The van der Waals surface area contributed by atoms with Crippen molar-refractivity contribution in [1.29, 1.82) is 0 Å². The maximum atomic E-state index is 11.3. The zero-order valence-corrected chi connectivity index (χ0v) is 9.84. The monoisotopic (exact) mass is 284 g/mol. The molecule has 0 fully saturated rings. The number of nitrogens with one attached hydrogen (secondary N) is 1. The van der Waals surface area contributed by atoms with E-state index in [0.29, 0.717) is 15.3 Å². The summed E-state index contributed by atoms with van der Waals surface area (Å²) in [6, 6.07) is 7.10. The summed E-state index contributed by atoms with van der Waals surface area (Å²) >= 11 is 8.84. The lowest BCUT2D eigenvalue weighted by atomic mass is 10.2. The van der Waals surface area contributed by atoms with Gasteiger partial charge >= 0.3 is 0 Å². The number of halogens is 2. The average molecular weight is 286 g/mol. The van der Waals surface area contributed by atoms with Gasteiger partial charge in [0.25, 0.3) is 5.56 Å². The van der Waals surface area contributed by atoms with Crippen LogP contribution >= 0.6 is 27.5 Å². The Kier molecular flexibility index (Phi) is 2.88. The molecule has 0 radical (unpaired) electrons. The molecule has 3 nitrogen and oxygen atoms in total. The molecule has 15 heavy (non-hydrogen) atoms. The van der Waals surface area contributed by atoms with Crippen molar-refractivity contribution in [1.82, 2.24) is 9.97 Å². The zero-order valence-electron chi connectivity index (χ0n) is 7.50. The van der Waals surface area contributed by atoms with Crippen LogP contribution in [0, 0.1) is 0 Å². The molecule has 0 aliphatic heterocycles. The zero-order chi connectivity index (χ0) is 10.8. The second kappa shape index (κ2) is 4.16. The maximum absolute atomic E-state index is 11.3. The molecular formula is C10H6BrClN2O. The molecule has 1 N–H and O–H groups in total. The lowest BCUT2D eigenvalue weighted by Crippen LogP contribution is -2.08. The second-order valence-electron chi connectivity index (χ2n) is 2.92. The van der Waals surface area contributed by atoms with Crippen LogP contribution in [-0.2, 0) is 0 Å². The highest BCUT2D eigenvalue weighted by molar-refractivity contribution is 9.10. The summed E-state index contributed by atoms with van der Waals surface area (Å²) in [6.45, 7) is 0. The van der Waals surface area contributed by atoms with E-state index < -0.39 is 0 Å². The van der Waals surface area contributed by atoms with Gasteiger partial charge in [0.05, 0.1) is 0 Å². The van der Waals surface area contributed by atoms with Crippen molar-refractivity contribution in [2.75, 3.05) is 0 Å². The molecule has 0 spiro atoms. The minimum Gasteiger partial charge on any atom is -0.306 e. The molecule has 1 aromatic heterocycles. The van der Waals surface area contributed by atoms with Crippen molar-refractivity contribution >= 4 is 27.5 Å². The smallest absolute Gasteiger partial charge is 0.265 e. The summed E-state index contributed by atoms with van der Waals surface area (Å²) in [5.74, 6) is 0.528. The van der Waals surface area contributed by atoms with Gasteiger partial charge in [-0.3, -0.25) is 4.79 Å². The Morgan fingerprint density at radius 3 is 2.53 bits per heavy atom. The summed E-state index contributed by atoms with van der Waals surface area (Å²) in [5.41, 5.74) is 0.624. The molecule has 0 saturated heterocycles.